The van der Waals surface area contributed by atoms with Gasteiger partial charge in [-0.15, -0.1) is 0 Å². The van der Waals surface area contributed by atoms with Crippen molar-refractivity contribution in [2.75, 3.05) is 6.54 Å². The molecule has 70 valence electrons. The lowest BCUT2D eigenvalue weighted by Crippen LogP contribution is -2.14. The second-order valence-corrected chi connectivity index (χ2v) is 4.80. The first-order chi connectivity index (χ1) is 6.09. The molecule has 1 atom stereocenters. The lowest BCUT2D eigenvalue weighted by Gasteiger charge is -2.22. The van der Waals surface area contributed by atoms with Crippen LogP contribution in [-0.2, 0) is 5.41 Å². The van der Waals surface area contributed by atoms with Gasteiger partial charge in [0, 0.05) is 12.6 Å². The standard InChI is InChI=1S/C12H17N/c1-12(2,3)10-7-5-4-6-9(10)11-8-13-11/h4-7,11,13H,8H2,1-3H3/t11-/m1/s1. The van der Waals surface area contributed by atoms with Gasteiger partial charge in [-0.3, -0.25) is 0 Å². The first kappa shape index (κ1) is 8.76. The van der Waals surface area contributed by atoms with Crippen molar-refractivity contribution in [3.05, 3.63) is 35.4 Å². The smallest absolute Gasteiger partial charge is 0.0450 e. The molecule has 0 aromatic heterocycles. The molecule has 1 fully saturated rings. The molecule has 1 nitrogen and oxygen atoms in total. The lowest BCUT2D eigenvalue weighted by molar-refractivity contribution is 0.582. The Kier molecular flexibility index (Phi) is 1.92. The van der Waals surface area contributed by atoms with Gasteiger partial charge in [0.05, 0.1) is 0 Å². The monoisotopic (exact) mass is 175 g/mol. The molecule has 1 heterocycles. The normalized spacial score (nSPS) is 21.6. The van der Waals surface area contributed by atoms with Gasteiger partial charge in [0.2, 0.25) is 0 Å². The molecule has 0 aliphatic carbocycles. The Hall–Kier alpha value is -0.820. The Balaban J connectivity index is 2.43. The summed E-state index contributed by atoms with van der Waals surface area (Å²) in [4.78, 5) is 0. The van der Waals surface area contributed by atoms with Crippen molar-refractivity contribution < 1.29 is 0 Å². The van der Waals surface area contributed by atoms with Gasteiger partial charge in [0.1, 0.15) is 0 Å². The minimum Gasteiger partial charge on any atom is -0.307 e. The van der Waals surface area contributed by atoms with Crippen molar-refractivity contribution in [3.8, 4) is 0 Å². The number of nitrogens with one attached hydrogen (secondary N) is 1. The predicted molar refractivity (Wildman–Crippen MR) is 55.9 cm³/mol. The molecule has 1 saturated heterocycles. The highest BCUT2D eigenvalue weighted by atomic mass is 15.1. The Labute approximate surface area is 80.2 Å². The van der Waals surface area contributed by atoms with Gasteiger partial charge in [0.25, 0.3) is 0 Å². The third-order valence-corrected chi connectivity index (χ3v) is 2.55. The summed E-state index contributed by atoms with van der Waals surface area (Å²) in [7, 11) is 0. The zero-order valence-electron chi connectivity index (χ0n) is 8.59. The van der Waals surface area contributed by atoms with Crippen LogP contribution >= 0.6 is 0 Å². The van der Waals surface area contributed by atoms with E-state index in [0.717, 1.165) is 6.54 Å². The second-order valence-electron chi connectivity index (χ2n) is 4.80. The zero-order chi connectivity index (χ0) is 9.47. The van der Waals surface area contributed by atoms with Gasteiger partial charge >= 0.3 is 0 Å². The van der Waals surface area contributed by atoms with E-state index in [1.165, 1.54) is 11.1 Å². The molecule has 0 saturated carbocycles. The van der Waals surface area contributed by atoms with Crippen LogP contribution in [0.5, 0.6) is 0 Å². The number of benzene rings is 1. The Morgan fingerprint density at radius 3 is 2.38 bits per heavy atom. The van der Waals surface area contributed by atoms with Crippen LogP contribution in [0, 0.1) is 0 Å². The molecule has 1 aliphatic rings. The van der Waals surface area contributed by atoms with Crippen LogP contribution in [0.25, 0.3) is 0 Å². The van der Waals surface area contributed by atoms with Crippen LogP contribution in [0.15, 0.2) is 24.3 Å². The lowest BCUT2D eigenvalue weighted by atomic mass is 9.83. The summed E-state index contributed by atoms with van der Waals surface area (Å²) in [5.74, 6) is 0. The highest BCUT2D eigenvalue weighted by Gasteiger charge is 2.28. The van der Waals surface area contributed by atoms with Crippen molar-refractivity contribution in [1.82, 2.24) is 5.32 Å². The third kappa shape index (κ3) is 1.75. The molecular formula is C12H17N. The maximum Gasteiger partial charge on any atom is 0.0450 e. The van der Waals surface area contributed by atoms with Gasteiger partial charge in [-0.05, 0) is 16.5 Å². The van der Waals surface area contributed by atoms with Crippen molar-refractivity contribution in [2.24, 2.45) is 0 Å². The van der Waals surface area contributed by atoms with E-state index in [1.54, 1.807) is 0 Å². The van der Waals surface area contributed by atoms with Gasteiger partial charge in [-0.25, -0.2) is 0 Å². The molecule has 0 bridgehead atoms. The number of rotatable bonds is 1. The van der Waals surface area contributed by atoms with Gasteiger partial charge < -0.3 is 5.32 Å². The molecule has 0 amide bonds. The first-order valence-electron chi connectivity index (χ1n) is 4.92. The molecule has 1 aromatic carbocycles. The van der Waals surface area contributed by atoms with Crippen LogP contribution in [0.3, 0.4) is 0 Å². The van der Waals surface area contributed by atoms with E-state index < -0.39 is 0 Å². The fourth-order valence-corrected chi connectivity index (χ4v) is 1.76. The summed E-state index contributed by atoms with van der Waals surface area (Å²) in [6, 6.07) is 9.37. The average molecular weight is 175 g/mol. The first-order valence-corrected chi connectivity index (χ1v) is 4.92. The second kappa shape index (κ2) is 2.85. The zero-order valence-corrected chi connectivity index (χ0v) is 8.59. The Morgan fingerprint density at radius 1 is 1.23 bits per heavy atom. The van der Waals surface area contributed by atoms with E-state index >= 15 is 0 Å². The maximum absolute atomic E-state index is 3.36. The topological polar surface area (TPSA) is 21.9 Å². The Morgan fingerprint density at radius 2 is 1.85 bits per heavy atom. The van der Waals surface area contributed by atoms with Crippen LogP contribution in [-0.4, -0.2) is 6.54 Å². The van der Waals surface area contributed by atoms with E-state index in [-0.39, 0.29) is 5.41 Å². The SMILES string of the molecule is CC(C)(C)c1ccccc1[C@H]1CN1. The fourth-order valence-electron chi connectivity index (χ4n) is 1.76. The molecule has 1 aliphatic heterocycles. The molecule has 1 heteroatoms. The number of hydrogen-bond donors (Lipinski definition) is 1. The number of hydrogen-bond acceptors (Lipinski definition) is 1. The minimum absolute atomic E-state index is 0.265. The van der Waals surface area contributed by atoms with E-state index in [1.807, 2.05) is 0 Å². The molecule has 1 N–H and O–H groups in total. The molecule has 0 spiro atoms. The molecule has 13 heavy (non-hydrogen) atoms. The average Bonchev–Trinajstić information content (AvgIpc) is 2.85. The Bertz CT molecular complexity index is 305. The van der Waals surface area contributed by atoms with Gasteiger partial charge in [0.15, 0.2) is 0 Å². The van der Waals surface area contributed by atoms with E-state index in [4.69, 9.17) is 0 Å². The predicted octanol–water partition coefficient (Wildman–Crippen LogP) is 2.63. The minimum atomic E-state index is 0.265. The van der Waals surface area contributed by atoms with Gasteiger partial charge in [-0.1, -0.05) is 45.0 Å². The molecule has 0 unspecified atom stereocenters. The van der Waals surface area contributed by atoms with E-state index in [9.17, 15) is 0 Å². The summed E-state index contributed by atoms with van der Waals surface area (Å²) in [6.45, 7) is 7.96. The fraction of sp³-hybridized carbons (Fsp3) is 0.500. The van der Waals surface area contributed by atoms with E-state index in [0.29, 0.717) is 6.04 Å². The maximum atomic E-state index is 3.36. The molecule has 1 aromatic rings. The van der Waals surface area contributed by atoms with Crippen molar-refractivity contribution in [2.45, 2.75) is 32.2 Å². The summed E-state index contributed by atoms with van der Waals surface area (Å²) in [6.07, 6.45) is 0. The van der Waals surface area contributed by atoms with Crippen LogP contribution in [0.4, 0.5) is 0 Å². The van der Waals surface area contributed by atoms with Crippen LogP contribution < -0.4 is 5.32 Å². The quantitative estimate of drug-likeness (QED) is 0.651. The highest BCUT2D eigenvalue weighted by molar-refractivity contribution is 5.37. The highest BCUT2D eigenvalue weighted by Crippen LogP contribution is 2.32. The van der Waals surface area contributed by atoms with Crippen LogP contribution in [0.1, 0.15) is 37.9 Å². The summed E-state index contributed by atoms with van der Waals surface area (Å²) in [5.41, 5.74) is 3.22. The molecule has 0 radical (unpaired) electrons. The molecule has 2 rings (SSSR count). The largest absolute Gasteiger partial charge is 0.307 e. The van der Waals surface area contributed by atoms with Crippen molar-refractivity contribution in [1.29, 1.82) is 0 Å². The summed E-state index contributed by atoms with van der Waals surface area (Å²) < 4.78 is 0. The molecular weight excluding hydrogens is 158 g/mol. The summed E-state index contributed by atoms with van der Waals surface area (Å²) >= 11 is 0. The summed E-state index contributed by atoms with van der Waals surface area (Å²) in [5, 5.41) is 3.36. The van der Waals surface area contributed by atoms with Crippen LogP contribution in [0.2, 0.25) is 0 Å². The van der Waals surface area contributed by atoms with E-state index in [2.05, 4.69) is 50.4 Å². The van der Waals surface area contributed by atoms with Crippen molar-refractivity contribution >= 4 is 0 Å². The van der Waals surface area contributed by atoms with Gasteiger partial charge in [-0.2, -0.15) is 0 Å². The van der Waals surface area contributed by atoms with Crippen molar-refractivity contribution in [3.63, 3.8) is 0 Å². The third-order valence-electron chi connectivity index (χ3n) is 2.55.